The molecule has 5 fully saturated rings. The van der Waals surface area contributed by atoms with Crippen LogP contribution in [0.3, 0.4) is 0 Å². The quantitative estimate of drug-likeness (QED) is 0.633. The first-order chi connectivity index (χ1) is 15.5. The second-order valence-corrected chi connectivity index (χ2v) is 10.2. The average Bonchev–Trinajstić information content (AvgIpc) is 3.00. The zero-order valence-electron chi connectivity index (χ0n) is 19.1. The molecule has 9 heteroatoms. The van der Waals surface area contributed by atoms with Crippen LogP contribution in [0.4, 0.5) is 13.2 Å². The fourth-order valence-electron chi connectivity index (χ4n) is 6.42. The molecule has 1 spiro atoms. The summed E-state index contributed by atoms with van der Waals surface area (Å²) in [6.07, 6.45) is -3.47. The van der Waals surface area contributed by atoms with E-state index >= 15 is 0 Å². The first-order valence-electron chi connectivity index (χ1n) is 11.7. The van der Waals surface area contributed by atoms with E-state index in [1.54, 1.807) is 31.2 Å². The lowest BCUT2D eigenvalue weighted by Gasteiger charge is -2.62. The Morgan fingerprint density at radius 3 is 2.36 bits per heavy atom. The molecular weight excluding hydrogens is 441 g/mol. The lowest BCUT2D eigenvalue weighted by Crippen LogP contribution is -2.75. The molecule has 4 saturated heterocycles. The van der Waals surface area contributed by atoms with Gasteiger partial charge in [0.1, 0.15) is 0 Å². The van der Waals surface area contributed by atoms with E-state index in [-0.39, 0.29) is 25.0 Å². The lowest BCUT2D eigenvalue weighted by molar-refractivity contribution is -0.599. The largest absolute Gasteiger partial charge is 0.443 e. The van der Waals surface area contributed by atoms with Crippen LogP contribution >= 0.6 is 0 Å². The summed E-state index contributed by atoms with van der Waals surface area (Å²) in [7, 11) is 0. The average molecular weight is 473 g/mol. The standard InChI is InChI=1S/C24H31F3O6/c1-14-4-9-19-15(2)23(24(25,26)27,29-13-17-7-5-16(12-28)6-8-17)31-20-22(19)18(14)10-11-21(3,30-20)32-33-22/h5-8,14-15,18-20,28H,4,9-13H2,1-3H3/t14-,15-,18+,19+,20+,21+,22-,23+/m1/s1. The Bertz CT molecular complexity index is 878. The van der Waals surface area contributed by atoms with Crippen molar-refractivity contribution in [3.05, 3.63) is 35.4 Å². The molecule has 1 aromatic rings. The Balaban J connectivity index is 1.52. The van der Waals surface area contributed by atoms with Gasteiger partial charge in [0.25, 0.3) is 5.79 Å². The Hall–Kier alpha value is -1.23. The van der Waals surface area contributed by atoms with Crippen molar-refractivity contribution in [1.29, 1.82) is 0 Å². The van der Waals surface area contributed by atoms with Crippen LogP contribution in [-0.2, 0) is 37.2 Å². The third-order valence-electron chi connectivity index (χ3n) is 8.31. The molecule has 2 bridgehead atoms. The van der Waals surface area contributed by atoms with Gasteiger partial charge in [-0.1, -0.05) is 38.1 Å². The number of ether oxygens (including phenoxy) is 3. The number of aliphatic hydroxyl groups excluding tert-OH is 1. The van der Waals surface area contributed by atoms with E-state index in [1.807, 2.05) is 0 Å². The van der Waals surface area contributed by atoms with Crippen LogP contribution in [0.25, 0.3) is 0 Å². The van der Waals surface area contributed by atoms with Gasteiger partial charge in [-0.15, -0.1) is 0 Å². The van der Waals surface area contributed by atoms with E-state index in [1.165, 1.54) is 6.92 Å². The first-order valence-corrected chi connectivity index (χ1v) is 11.7. The van der Waals surface area contributed by atoms with Gasteiger partial charge in [-0.3, -0.25) is 0 Å². The molecule has 4 heterocycles. The predicted octanol–water partition coefficient (Wildman–Crippen LogP) is 4.84. The number of aliphatic hydroxyl groups is 1. The van der Waals surface area contributed by atoms with Crippen molar-refractivity contribution in [3.8, 4) is 0 Å². The van der Waals surface area contributed by atoms with Crippen LogP contribution in [0.2, 0.25) is 0 Å². The second-order valence-electron chi connectivity index (χ2n) is 10.2. The maximum absolute atomic E-state index is 14.8. The molecule has 8 atom stereocenters. The molecule has 0 unspecified atom stereocenters. The Labute approximate surface area is 191 Å². The van der Waals surface area contributed by atoms with Gasteiger partial charge in [-0.2, -0.15) is 13.2 Å². The van der Waals surface area contributed by atoms with E-state index in [0.717, 1.165) is 12.8 Å². The fraction of sp³-hybridized carbons (Fsp3) is 0.750. The molecule has 1 aliphatic carbocycles. The maximum atomic E-state index is 14.8. The summed E-state index contributed by atoms with van der Waals surface area (Å²) < 4.78 is 61.9. The van der Waals surface area contributed by atoms with Crippen LogP contribution in [-0.4, -0.2) is 34.7 Å². The van der Waals surface area contributed by atoms with Gasteiger partial charge in [0.15, 0.2) is 11.9 Å². The lowest BCUT2D eigenvalue weighted by atomic mass is 9.57. The van der Waals surface area contributed by atoms with Crippen LogP contribution in [0.1, 0.15) is 57.6 Å². The van der Waals surface area contributed by atoms with E-state index in [9.17, 15) is 18.3 Å². The van der Waals surface area contributed by atoms with Crippen LogP contribution in [0.5, 0.6) is 0 Å². The van der Waals surface area contributed by atoms with E-state index in [0.29, 0.717) is 24.0 Å². The minimum Gasteiger partial charge on any atom is -0.392 e. The minimum atomic E-state index is -4.80. The first kappa shape index (κ1) is 23.5. The Morgan fingerprint density at radius 1 is 1.00 bits per heavy atom. The van der Waals surface area contributed by atoms with Crippen LogP contribution in [0.15, 0.2) is 24.3 Å². The topological polar surface area (TPSA) is 66.4 Å². The van der Waals surface area contributed by atoms with Gasteiger partial charge in [0.2, 0.25) is 5.79 Å². The van der Waals surface area contributed by atoms with Crippen molar-refractivity contribution >= 4 is 0 Å². The fourth-order valence-corrected chi connectivity index (χ4v) is 6.42. The van der Waals surface area contributed by atoms with Gasteiger partial charge in [0.05, 0.1) is 13.2 Å². The summed E-state index contributed by atoms with van der Waals surface area (Å²) in [5, 5.41) is 9.22. The molecule has 0 radical (unpaired) electrons. The molecular formula is C24H31F3O6. The highest BCUT2D eigenvalue weighted by Crippen LogP contribution is 2.64. The molecule has 1 saturated carbocycles. The molecule has 5 aliphatic rings. The SMILES string of the molecule is C[C@@H]1CC[C@H]2[C@@H](C)[C@@](OCc3ccc(CO)cc3)(C(F)(F)F)O[C@@H]3O[C@]4(C)CC[C@@H]1[C@]32OO4. The van der Waals surface area contributed by atoms with Crippen molar-refractivity contribution in [1.82, 2.24) is 0 Å². The van der Waals surface area contributed by atoms with Crippen LogP contribution in [0, 0.1) is 23.7 Å². The second kappa shape index (κ2) is 7.90. The highest BCUT2D eigenvalue weighted by molar-refractivity contribution is 5.21. The highest BCUT2D eigenvalue weighted by Gasteiger charge is 2.77. The number of rotatable bonds is 4. The number of benzene rings is 1. The summed E-state index contributed by atoms with van der Waals surface area (Å²) in [5.41, 5.74) is 0.120. The normalized spacial score (nSPS) is 44.9. The molecule has 6 nitrogen and oxygen atoms in total. The van der Waals surface area contributed by atoms with Gasteiger partial charge in [-0.25, -0.2) is 9.78 Å². The predicted molar refractivity (Wildman–Crippen MR) is 109 cm³/mol. The van der Waals surface area contributed by atoms with Crippen molar-refractivity contribution in [3.63, 3.8) is 0 Å². The third kappa shape index (κ3) is 3.46. The van der Waals surface area contributed by atoms with E-state index < -0.39 is 41.5 Å². The van der Waals surface area contributed by atoms with Crippen LogP contribution < -0.4 is 0 Å². The number of fused-ring (bicyclic) bond motifs is 2. The summed E-state index contributed by atoms with van der Waals surface area (Å²) in [4.78, 5) is 11.6. The molecule has 1 N–H and O–H groups in total. The smallest absolute Gasteiger partial charge is 0.392 e. The molecule has 0 aromatic heterocycles. The zero-order chi connectivity index (χ0) is 23.6. The number of hydrogen-bond acceptors (Lipinski definition) is 6. The van der Waals surface area contributed by atoms with Gasteiger partial charge in [0, 0.05) is 18.3 Å². The van der Waals surface area contributed by atoms with E-state index in [2.05, 4.69) is 6.92 Å². The minimum absolute atomic E-state index is 0.0368. The summed E-state index contributed by atoms with van der Waals surface area (Å²) in [5.74, 6) is -5.37. The molecule has 6 rings (SSSR count). The van der Waals surface area contributed by atoms with Gasteiger partial charge in [-0.05, 0) is 49.1 Å². The molecule has 33 heavy (non-hydrogen) atoms. The Kier molecular flexibility index (Phi) is 5.62. The molecule has 4 aliphatic heterocycles. The molecule has 0 amide bonds. The number of hydrogen-bond donors (Lipinski definition) is 1. The summed E-state index contributed by atoms with van der Waals surface area (Å²) in [6.45, 7) is 4.89. The molecule has 184 valence electrons. The number of alkyl halides is 3. The number of halogens is 3. The summed E-state index contributed by atoms with van der Waals surface area (Å²) >= 11 is 0. The van der Waals surface area contributed by atoms with E-state index in [4.69, 9.17) is 24.0 Å². The third-order valence-corrected chi connectivity index (χ3v) is 8.31. The maximum Gasteiger partial charge on any atom is 0.443 e. The van der Waals surface area contributed by atoms with Crippen molar-refractivity contribution in [2.75, 3.05) is 0 Å². The zero-order valence-corrected chi connectivity index (χ0v) is 19.1. The van der Waals surface area contributed by atoms with Gasteiger partial charge >= 0.3 is 6.18 Å². The van der Waals surface area contributed by atoms with Gasteiger partial charge < -0.3 is 19.3 Å². The molecule has 1 aromatic carbocycles. The highest BCUT2D eigenvalue weighted by atomic mass is 19.4. The summed E-state index contributed by atoms with van der Waals surface area (Å²) in [6, 6.07) is 6.60. The van der Waals surface area contributed by atoms with Crippen molar-refractivity contribution < 1.29 is 42.3 Å². The Morgan fingerprint density at radius 2 is 1.70 bits per heavy atom. The van der Waals surface area contributed by atoms with Crippen molar-refractivity contribution in [2.24, 2.45) is 23.7 Å². The van der Waals surface area contributed by atoms with Crippen molar-refractivity contribution in [2.45, 2.75) is 89.3 Å². The monoisotopic (exact) mass is 472 g/mol.